The summed E-state index contributed by atoms with van der Waals surface area (Å²) >= 11 is 16.7. The third kappa shape index (κ3) is 4.95. The summed E-state index contributed by atoms with van der Waals surface area (Å²) < 4.78 is 6.37. The standard InChI is InChI=1S/C17H11BrCl2N2O2S/c18-11-3-1-2-10(6-11)14-9-25-17(21-14)22-16(23)8-24-15-7-12(19)4-5-13(15)20/h1-7,9H,8H2,(H,21,22,23). The number of nitrogens with zero attached hydrogens (tertiary/aromatic N) is 1. The molecule has 0 radical (unpaired) electrons. The zero-order chi connectivity index (χ0) is 17.8. The minimum atomic E-state index is -0.328. The van der Waals surface area contributed by atoms with E-state index >= 15 is 0 Å². The number of carbonyl (C=O) groups excluding carboxylic acids is 1. The van der Waals surface area contributed by atoms with E-state index in [1.165, 1.54) is 11.3 Å². The first-order chi connectivity index (χ1) is 12.0. The molecule has 0 bridgehead atoms. The molecule has 0 unspecified atom stereocenters. The number of nitrogens with one attached hydrogen (secondary N) is 1. The number of benzene rings is 2. The molecule has 0 saturated heterocycles. The van der Waals surface area contributed by atoms with Gasteiger partial charge in [0.15, 0.2) is 11.7 Å². The average Bonchev–Trinajstić information content (AvgIpc) is 3.04. The number of hydrogen-bond acceptors (Lipinski definition) is 4. The normalized spacial score (nSPS) is 10.5. The van der Waals surface area contributed by atoms with Crippen LogP contribution >= 0.6 is 50.5 Å². The molecule has 0 aliphatic heterocycles. The van der Waals surface area contributed by atoms with Gasteiger partial charge in [0.05, 0.1) is 10.7 Å². The second-order valence-corrected chi connectivity index (χ2v) is 7.58. The highest BCUT2D eigenvalue weighted by atomic mass is 79.9. The van der Waals surface area contributed by atoms with Crippen LogP contribution in [0.25, 0.3) is 11.3 Å². The lowest BCUT2D eigenvalue weighted by Crippen LogP contribution is -2.20. The van der Waals surface area contributed by atoms with Crippen molar-refractivity contribution in [3.05, 3.63) is 62.4 Å². The van der Waals surface area contributed by atoms with Crippen LogP contribution in [0.4, 0.5) is 5.13 Å². The third-order valence-corrected chi connectivity index (χ3v) is 4.92. The minimum Gasteiger partial charge on any atom is -0.482 e. The molecule has 0 spiro atoms. The number of amides is 1. The van der Waals surface area contributed by atoms with Crippen LogP contribution in [0.2, 0.25) is 10.0 Å². The Morgan fingerprint density at radius 3 is 2.88 bits per heavy atom. The lowest BCUT2D eigenvalue weighted by Gasteiger charge is -2.07. The molecule has 3 aromatic rings. The van der Waals surface area contributed by atoms with E-state index in [4.69, 9.17) is 27.9 Å². The molecule has 3 rings (SSSR count). The summed E-state index contributed by atoms with van der Waals surface area (Å²) in [7, 11) is 0. The van der Waals surface area contributed by atoms with Gasteiger partial charge >= 0.3 is 0 Å². The van der Waals surface area contributed by atoms with E-state index in [-0.39, 0.29) is 12.5 Å². The van der Waals surface area contributed by atoms with Crippen LogP contribution in [0.3, 0.4) is 0 Å². The van der Waals surface area contributed by atoms with E-state index in [1.54, 1.807) is 18.2 Å². The first-order valence-corrected chi connectivity index (χ1v) is 9.53. The van der Waals surface area contributed by atoms with E-state index in [0.29, 0.717) is 20.9 Å². The Kier molecular flexibility index (Phi) is 5.96. The lowest BCUT2D eigenvalue weighted by atomic mass is 10.2. The molecule has 1 amide bonds. The second-order valence-electron chi connectivity index (χ2n) is 4.96. The van der Waals surface area contributed by atoms with Crippen molar-refractivity contribution >= 4 is 61.5 Å². The molecular formula is C17H11BrCl2N2O2S. The fraction of sp³-hybridized carbons (Fsp3) is 0.0588. The molecule has 0 atom stereocenters. The van der Waals surface area contributed by atoms with Gasteiger partial charge in [0.25, 0.3) is 5.91 Å². The van der Waals surface area contributed by atoms with Crippen molar-refractivity contribution in [2.45, 2.75) is 0 Å². The van der Waals surface area contributed by atoms with Crippen LogP contribution < -0.4 is 10.1 Å². The van der Waals surface area contributed by atoms with Gasteiger partial charge in [-0.2, -0.15) is 0 Å². The summed E-state index contributed by atoms with van der Waals surface area (Å²) in [6.07, 6.45) is 0. The van der Waals surface area contributed by atoms with E-state index in [2.05, 4.69) is 26.2 Å². The topological polar surface area (TPSA) is 51.2 Å². The predicted molar refractivity (Wildman–Crippen MR) is 106 cm³/mol. The highest BCUT2D eigenvalue weighted by Gasteiger charge is 2.10. The molecule has 1 aromatic heterocycles. The number of anilines is 1. The molecule has 1 heterocycles. The number of ether oxygens (including phenoxy) is 1. The van der Waals surface area contributed by atoms with Crippen molar-refractivity contribution < 1.29 is 9.53 Å². The smallest absolute Gasteiger partial charge is 0.264 e. The van der Waals surface area contributed by atoms with Gasteiger partial charge in [-0.1, -0.05) is 51.3 Å². The first kappa shape index (κ1) is 18.2. The van der Waals surface area contributed by atoms with Gasteiger partial charge in [-0.3, -0.25) is 10.1 Å². The SMILES string of the molecule is O=C(COc1cc(Cl)ccc1Cl)Nc1nc(-c2cccc(Br)c2)cs1. The average molecular weight is 458 g/mol. The van der Waals surface area contributed by atoms with Gasteiger partial charge in [-0.15, -0.1) is 11.3 Å². The number of rotatable bonds is 5. The molecule has 0 fully saturated rings. The van der Waals surface area contributed by atoms with Crippen LogP contribution in [0.1, 0.15) is 0 Å². The molecule has 2 aromatic carbocycles. The maximum atomic E-state index is 12.0. The first-order valence-electron chi connectivity index (χ1n) is 7.10. The summed E-state index contributed by atoms with van der Waals surface area (Å²) in [5, 5.41) is 5.97. The van der Waals surface area contributed by atoms with Crippen LogP contribution in [0.15, 0.2) is 52.3 Å². The summed E-state index contributed by atoms with van der Waals surface area (Å²) in [5.41, 5.74) is 1.76. The molecular weight excluding hydrogens is 447 g/mol. The number of carbonyl (C=O) groups is 1. The Balaban J connectivity index is 1.61. The van der Waals surface area contributed by atoms with Gasteiger partial charge in [-0.05, 0) is 24.3 Å². The van der Waals surface area contributed by atoms with Gasteiger partial charge < -0.3 is 4.74 Å². The Morgan fingerprint density at radius 1 is 1.24 bits per heavy atom. The van der Waals surface area contributed by atoms with E-state index < -0.39 is 0 Å². The van der Waals surface area contributed by atoms with Gasteiger partial charge in [0.2, 0.25) is 0 Å². The molecule has 0 aliphatic carbocycles. The Hall–Kier alpha value is -1.60. The molecule has 8 heteroatoms. The summed E-state index contributed by atoms with van der Waals surface area (Å²) in [5.74, 6) is 0.0319. The van der Waals surface area contributed by atoms with Crippen molar-refractivity contribution in [2.24, 2.45) is 0 Å². The summed E-state index contributed by atoms with van der Waals surface area (Å²) in [6, 6.07) is 12.6. The second kappa shape index (κ2) is 8.19. The number of hydrogen-bond donors (Lipinski definition) is 1. The van der Waals surface area contributed by atoms with Crippen molar-refractivity contribution in [3.8, 4) is 17.0 Å². The van der Waals surface area contributed by atoms with Crippen LogP contribution in [0.5, 0.6) is 5.75 Å². The zero-order valence-corrected chi connectivity index (χ0v) is 16.5. The molecule has 25 heavy (non-hydrogen) atoms. The van der Waals surface area contributed by atoms with Crippen LogP contribution in [-0.4, -0.2) is 17.5 Å². The van der Waals surface area contributed by atoms with Crippen LogP contribution in [-0.2, 0) is 4.79 Å². The number of aromatic nitrogens is 1. The van der Waals surface area contributed by atoms with Crippen molar-refractivity contribution in [1.82, 2.24) is 4.98 Å². The number of halogens is 3. The van der Waals surface area contributed by atoms with Crippen molar-refractivity contribution in [2.75, 3.05) is 11.9 Å². The zero-order valence-electron chi connectivity index (χ0n) is 12.6. The fourth-order valence-electron chi connectivity index (χ4n) is 2.00. The molecule has 128 valence electrons. The highest BCUT2D eigenvalue weighted by Crippen LogP contribution is 2.28. The van der Waals surface area contributed by atoms with E-state index in [1.807, 2.05) is 29.6 Å². The molecule has 0 aliphatic rings. The molecule has 1 N–H and O–H groups in total. The monoisotopic (exact) mass is 456 g/mol. The quantitative estimate of drug-likeness (QED) is 0.519. The Bertz CT molecular complexity index is 917. The third-order valence-electron chi connectivity index (χ3n) is 3.12. The Morgan fingerprint density at radius 2 is 2.08 bits per heavy atom. The van der Waals surface area contributed by atoms with Crippen molar-refractivity contribution in [1.29, 1.82) is 0 Å². The predicted octanol–water partition coefficient (Wildman–Crippen LogP) is 5.90. The number of thiazole rings is 1. The van der Waals surface area contributed by atoms with E-state index in [0.717, 1.165) is 15.7 Å². The van der Waals surface area contributed by atoms with E-state index in [9.17, 15) is 4.79 Å². The Labute approximate surface area is 166 Å². The maximum Gasteiger partial charge on any atom is 0.264 e. The lowest BCUT2D eigenvalue weighted by molar-refractivity contribution is -0.118. The summed E-state index contributed by atoms with van der Waals surface area (Å²) in [6.45, 7) is -0.189. The fourth-order valence-corrected chi connectivity index (χ4v) is 3.47. The minimum absolute atomic E-state index is 0.189. The molecule has 4 nitrogen and oxygen atoms in total. The van der Waals surface area contributed by atoms with Crippen LogP contribution in [0, 0.1) is 0 Å². The maximum absolute atomic E-state index is 12.0. The highest BCUT2D eigenvalue weighted by molar-refractivity contribution is 9.10. The molecule has 0 saturated carbocycles. The van der Waals surface area contributed by atoms with Gasteiger partial charge in [0, 0.05) is 26.5 Å². The van der Waals surface area contributed by atoms with Gasteiger partial charge in [0.1, 0.15) is 5.75 Å². The van der Waals surface area contributed by atoms with Gasteiger partial charge in [-0.25, -0.2) is 4.98 Å². The summed E-state index contributed by atoms with van der Waals surface area (Å²) in [4.78, 5) is 16.4. The van der Waals surface area contributed by atoms with Crippen molar-refractivity contribution in [3.63, 3.8) is 0 Å². The largest absolute Gasteiger partial charge is 0.482 e.